The standard InChI is InChI=1S/C36H38N4O2/c1-41-31-21-13-17-27-33(31)38-29-19-9-7-15-25(29)35(27)40(24-12-6-4-3-5-11-23-37)36-26-16-8-10-20-30(26)39-34-28(36)18-14-22-32(34)42-2/h7-10,13-22H,3-6,11-12,23-24,37H2,1-2H3. The van der Waals surface area contributed by atoms with E-state index in [1.165, 1.54) is 19.3 Å². The van der Waals surface area contributed by atoms with Gasteiger partial charge in [-0.3, -0.25) is 0 Å². The summed E-state index contributed by atoms with van der Waals surface area (Å²) >= 11 is 0. The number of hydrogen-bond acceptors (Lipinski definition) is 6. The van der Waals surface area contributed by atoms with Crippen molar-refractivity contribution in [3.8, 4) is 11.5 Å². The largest absolute Gasteiger partial charge is 0.494 e. The van der Waals surface area contributed by atoms with E-state index in [0.29, 0.717) is 0 Å². The molecule has 2 N–H and O–H groups in total. The van der Waals surface area contributed by atoms with Gasteiger partial charge in [0.15, 0.2) is 0 Å². The van der Waals surface area contributed by atoms with Crippen molar-refractivity contribution < 1.29 is 9.47 Å². The van der Waals surface area contributed by atoms with Crippen molar-refractivity contribution in [2.24, 2.45) is 5.73 Å². The Hall–Kier alpha value is -4.42. The van der Waals surface area contributed by atoms with Gasteiger partial charge in [0.05, 0.1) is 36.6 Å². The Morgan fingerprint density at radius 2 is 1.00 bits per heavy atom. The Balaban J connectivity index is 1.62. The van der Waals surface area contributed by atoms with Crippen molar-refractivity contribution in [1.29, 1.82) is 0 Å². The first kappa shape index (κ1) is 27.7. The maximum atomic E-state index is 5.82. The maximum Gasteiger partial charge on any atom is 0.145 e. The number of methoxy groups -OCH3 is 2. The summed E-state index contributed by atoms with van der Waals surface area (Å²) in [4.78, 5) is 12.7. The summed E-state index contributed by atoms with van der Waals surface area (Å²) < 4.78 is 11.6. The third-order valence-electron chi connectivity index (χ3n) is 8.11. The second-order valence-electron chi connectivity index (χ2n) is 10.7. The van der Waals surface area contributed by atoms with Crippen LogP contribution in [-0.4, -0.2) is 37.3 Å². The summed E-state index contributed by atoms with van der Waals surface area (Å²) in [6.07, 6.45) is 6.90. The van der Waals surface area contributed by atoms with E-state index in [4.69, 9.17) is 25.2 Å². The van der Waals surface area contributed by atoms with Gasteiger partial charge in [0.25, 0.3) is 0 Å². The summed E-state index contributed by atoms with van der Waals surface area (Å²) in [5.74, 6) is 1.54. The average Bonchev–Trinajstić information content (AvgIpc) is 3.04. The highest BCUT2D eigenvalue weighted by molar-refractivity contribution is 6.16. The first-order valence-corrected chi connectivity index (χ1v) is 14.9. The lowest BCUT2D eigenvalue weighted by Gasteiger charge is -2.30. The molecule has 0 saturated carbocycles. The molecule has 6 heteroatoms. The van der Waals surface area contributed by atoms with Gasteiger partial charge in [0.1, 0.15) is 22.5 Å². The molecule has 214 valence electrons. The van der Waals surface area contributed by atoms with Gasteiger partial charge in [-0.15, -0.1) is 0 Å². The molecule has 0 fully saturated rings. The third-order valence-corrected chi connectivity index (χ3v) is 8.11. The molecule has 0 saturated heterocycles. The summed E-state index contributed by atoms with van der Waals surface area (Å²) in [5, 5.41) is 4.34. The maximum absolute atomic E-state index is 5.82. The minimum Gasteiger partial charge on any atom is -0.494 e. The number of hydrogen-bond donors (Lipinski definition) is 1. The number of rotatable bonds is 12. The number of aromatic nitrogens is 2. The zero-order valence-corrected chi connectivity index (χ0v) is 24.5. The predicted molar refractivity (Wildman–Crippen MR) is 175 cm³/mol. The number of fused-ring (bicyclic) bond motifs is 4. The van der Waals surface area contributed by atoms with Crippen molar-refractivity contribution in [3.63, 3.8) is 0 Å². The van der Waals surface area contributed by atoms with Gasteiger partial charge in [-0.1, -0.05) is 86.3 Å². The molecule has 0 bridgehead atoms. The summed E-state index contributed by atoms with van der Waals surface area (Å²) in [6, 6.07) is 29.3. The van der Waals surface area contributed by atoms with Crippen LogP contribution >= 0.6 is 0 Å². The molecule has 0 amide bonds. The topological polar surface area (TPSA) is 73.5 Å². The Morgan fingerprint density at radius 3 is 1.50 bits per heavy atom. The van der Waals surface area contributed by atoms with Crippen LogP contribution in [-0.2, 0) is 0 Å². The third kappa shape index (κ3) is 5.19. The molecule has 6 aromatic rings. The smallest absolute Gasteiger partial charge is 0.145 e. The van der Waals surface area contributed by atoms with E-state index in [0.717, 1.165) is 98.8 Å². The highest BCUT2D eigenvalue weighted by Crippen LogP contribution is 2.45. The van der Waals surface area contributed by atoms with Gasteiger partial charge < -0.3 is 20.1 Å². The number of benzene rings is 4. The zero-order valence-electron chi connectivity index (χ0n) is 24.5. The van der Waals surface area contributed by atoms with Crippen LogP contribution in [0.5, 0.6) is 11.5 Å². The molecule has 2 aromatic heterocycles. The van der Waals surface area contributed by atoms with Crippen LogP contribution in [0.15, 0.2) is 84.9 Å². The lowest BCUT2D eigenvalue weighted by Crippen LogP contribution is -2.20. The van der Waals surface area contributed by atoms with Crippen LogP contribution in [0.25, 0.3) is 43.6 Å². The summed E-state index contributed by atoms with van der Waals surface area (Å²) in [5.41, 5.74) is 11.6. The molecule has 0 radical (unpaired) electrons. The van der Waals surface area contributed by atoms with Gasteiger partial charge in [0.2, 0.25) is 0 Å². The lowest BCUT2D eigenvalue weighted by atomic mass is 10.0. The number of nitrogens with zero attached hydrogens (tertiary/aromatic N) is 3. The zero-order chi connectivity index (χ0) is 28.9. The fourth-order valence-corrected chi connectivity index (χ4v) is 6.10. The molecule has 0 aliphatic heterocycles. The van der Waals surface area contributed by atoms with E-state index in [1.54, 1.807) is 14.2 Å². The van der Waals surface area contributed by atoms with Crippen LogP contribution in [0.4, 0.5) is 11.4 Å². The van der Waals surface area contributed by atoms with Crippen LogP contribution in [0.1, 0.15) is 38.5 Å². The Morgan fingerprint density at radius 1 is 0.548 bits per heavy atom. The summed E-state index contributed by atoms with van der Waals surface area (Å²) in [7, 11) is 3.42. The van der Waals surface area contributed by atoms with Gasteiger partial charge in [0, 0.05) is 28.1 Å². The Bertz CT molecular complexity index is 1730. The van der Waals surface area contributed by atoms with Crippen LogP contribution in [0.2, 0.25) is 0 Å². The Labute approximate surface area is 247 Å². The fourth-order valence-electron chi connectivity index (χ4n) is 6.10. The number of para-hydroxylation sites is 4. The molecule has 2 heterocycles. The average molecular weight is 559 g/mol. The monoisotopic (exact) mass is 558 g/mol. The molecule has 6 rings (SSSR count). The quantitative estimate of drug-likeness (QED) is 0.120. The van der Waals surface area contributed by atoms with Gasteiger partial charge in [-0.05, 0) is 43.7 Å². The van der Waals surface area contributed by atoms with Crippen molar-refractivity contribution >= 4 is 55.0 Å². The van der Waals surface area contributed by atoms with Gasteiger partial charge >= 0.3 is 0 Å². The number of ether oxygens (including phenoxy) is 2. The van der Waals surface area contributed by atoms with E-state index in [-0.39, 0.29) is 0 Å². The molecule has 42 heavy (non-hydrogen) atoms. The van der Waals surface area contributed by atoms with E-state index in [2.05, 4.69) is 65.6 Å². The molecule has 4 aromatic carbocycles. The van der Waals surface area contributed by atoms with E-state index < -0.39 is 0 Å². The highest BCUT2D eigenvalue weighted by atomic mass is 16.5. The van der Waals surface area contributed by atoms with Crippen LogP contribution in [0.3, 0.4) is 0 Å². The number of pyridine rings is 2. The highest BCUT2D eigenvalue weighted by Gasteiger charge is 2.23. The minimum absolute atomic E-state index is 0.769. The Kier molecular flexibility index (Phi) is 8.33. The molecule has 0 atom stereocenters. The molecule has 0 unspecified atom stereocenters. The van der Waals surface area contributed by atoms with E-state index >= 15 is 0 Å². The summed E-state index contributed by atoms with van der Waals surface area (Å²) in [6.45, 7) is 1.61. The number of nitrogens with two attached hydrogens (primary N) is 1. The first-order chi connectivity index (χ1) is 20.7. The second kappa shape index (κ2) is 12.6. The molecule has 0 spiro atoms. The predicted octanol–water partition coefficient (Wildman–Crippen LogP) is 8.54. The SMILES string of the molecule is COc1cccc2c(N(CCCCCCCCN)c3c4ccccc4nc4c(OC)cccc34)c3ccccc3nc12. The molecule has 6 nitrogen and oxygen atoms in total. The number of unbranched alkanes of at least 4 members (excludes halogenated alkanes) is 5. The molecular weight excluding hydrogens is 520 g/mol. The second-order valence-corrected chi connectivity index (χ2v) is 10.7. The van der Waals surface area contributed by atoms with Crippen molar-refractivity contribution in [2.45, 2.75) is 38.5 Å². The van der Waals surface area contributed by atoms with Crippen LogP contribution in [0, 0.1) is 0 Å². The van der Waals surface area contributed by atoms with Crippen molar-refractivity contribution in [3.05, 3.63) is 84.9 Å². The van der Waals surface area contributed by atoms with E-state index in [9.17, 15) is 0 Å². The van der Waals surface area contributed by atoms with Crippen molar-refractivity contribution in [1.82, 2.24) is 9.97 Å². The molecule has 0 aliphatic rings. The first-order valence-electron chi connectivity index (χ1n) is 14.9. The number of anilines is 2. The lowest BCUT2D eigenvalue weighted by molar-refractivity contribution is 0.419. The molecular formula is C36H38N4O2. The van der Waals surface area contributed by atoms with Crippen molar-refractivity contribution in [2.75, 3.05) is 32.2 Å². The minimum atomic E-state index is 0.769. The van der Waals surface area contributed by atoms with E-state index in [1.807, 2.05) is 24.3 Å². The normalized spacial score (nSPS) is 11.5. The van der Waals surface area contributed by atoms with Gasteiger partial charge in [-0.25, -0.2) is 9.97 Å². The van der Waals surface area contributed by atoms with Gasteiger partial charge in [-0.2, -0.15) is 0 Å². The fraction of sp³-hybridized carbons (Fsp3) is 0.278. The molecule has 0 aliphatic carbocycles. The van der Waals surface area contributed by atoms with Crippen LogP contribution < -0.4 is 20.1 Å².